The Balaban J connectivity index is 0.000000500. The first-order valence-electron chi connectivity index (χ1n) is 8.36. The Hall–Kier alpha value is -2.08. The minimum Gasteiger partial charge on any atom is -0.302 e. The van der Waals surface area contributed by atoms with E-state index in [1.165, 1.54) is 5.70 Å². The van der Waals surface area contributed by atoms with Gasteiger partial charge in [0.2, 0.25) is 0 Å². The largest absolute Gasteiger partial charge is 0.408 e. The van der Waals surface area contributed by atoms with Crippen LogP contribution in [-0.2, 0) is 6.54 Å². The number of hydrogen-bond donors (Lipinski definition) is 1. The maximum atomic E-state index is 8.49. The summed E-state index contributed by atoms with van der Waals surface area (Å²) in [5.74, 6) is 0. The molecule has 152 valence electrons. The van der Waals surface area contributed by atoms with E-state index in [1.807, 2.05) is 23.7 Å². The van der Waals surface area contributed by atoms with Crippen LogP contribution in [0.3, 0.4) is 0 Å². The van der Waals surface area contributed by atoms with E-state index in [0.29, 0.717) is 0 Å². The molecule has 0 radical (unpaired) electrons. The van der Waals surface area contributed by atoms with Crippen LogP contribution >= 0.6 is 11.3 Å². The van der Waals surface area contributed by atoms with Gasteiger partial charge in [-0.3, -0.25) is 5.01 Å². The molecular weight excluding hydrogens is 406 g/mol. The predicted molar refractivity (Wildman–Crippen MR) is 94.3 cm³/mol. The molecule has 0 saturated carbocycles. The number of allylic oxidation sites excluding steroid dienone is 1. The molecule has 0 aliphatic carbocycles. The highest BCUT2D eigenvalue weighted by Gasteiger charge is 2.30. The molecule has 11 heteroatoms. The molecule has 1 aromatic carbocycles. The van der Waals surface area contributed by atoms with Gasteiger partial charge in [0, 0.05) is 11.1 Å². The average Bonchev–Trinajstić information content (AvgIpc) is 3.14. The molecule has 0 spiro atoms. The Kier molecular flexibility index (Phi) is 7.10. The van der Waals surface area contributed by atoms with Gasteiger partial charge in [-0.2, -0.15) is 0 Å². The monoisotopic (exact) mass is 427 g/mol. The van der Waals surface area contributed by atoms with E-state index >= 15 is 0 Å². The molecule has 0 atom stereocenters. The van der Waals surface area contributed by atoms with Crippen LogP contribution in [0.5, 0.6) is 0 Å². The highest BCUT2D eigenvalue weighted by atomic mass is 35.7. The Labute approximate surface area is 169 Å². The van der Waals surface area contributed by atoms with Crippen molar-refractivity contribution in [2.75, 3.05) is 5.01 Å². The second-order valence-corrected chi connectivity index (χ2v) is 8.12. The summed E-state index contributed by atoms with van der Waals surface area (Å²) < 4.78 is 36.0. The first-order valence-corrected chi connectivity index (χ1v) is 10.5. The van der Waals surface area contributed by atoms with Crippen LogP contribution in [0.2, 0.25) is 0 Å². The molecule has 28 heavy (non-hydrogen) atoms. The predicted octanol–water partition coefficient (Wildman–Crippen LogP) is -0.278. The van der Waals surface area contributed by atoms with Gasteiger partial charge in [0.1, 0.15) is 11.9 Å². The van der Waals surface area contributed by atoms with Gasteiger partial charge in [-0.05, 0) is 74.5 Å². The lowest BCUT2D eigenvalue weighted by Gasteiger charge is -2.32. The molecule has 0 saturated heterocycles. The number of nitrogens with one attached hydrogen (secondary N) is 1. The Bertz CT molecular complexity index is 840. The van der Waals surface area contributed by atoms with Gasteiger partial charge in [0.25, 0.3) is 0 Å². The lowest BCUT2D eigenvalue weighted by atomic mass is 10.0. The summed E-state index contributed by atoms with van der Waals surface area (Å²) in [6.45, 7) is 9.45. The minimum atomic E-state index is -4.94. The van der Waals surface area contributed by atoms with Crippen LogP contribution in [-0.4, -0.2) is 5.54 Å². The molecule has 0 unspecified atom stereocenters. The highest BCUT2D eigenvalue weighted by Crippen LogP contribution is 2.30. The fraction of sp³-hybridized carbons (Fsp3) is 0.353. The number of benzene rings is 1. The summed E-state index contributed by atoms with van der Waals surface area (Å²) in [5, 5.41) is 13.8. The van der Waals surface area contributed by atoms with Crippen LogP contribution in [0.4, 0.5) is 16.5 Å². The van der Waals surface area contributed by atoms with Gasteiger partial charge >= 0.3 is 5.13 Å². The lowest BCUT2D eigenvalue weighted by Crippen LogP contribution is -2.68. The van der Waals surface area contributed by atoms with Gasteiger partial charge in [-0.25, -0.2) is 23.2 Å². The van der Waals surface area contributed by atoms with Crippen molar-refractivity contribution in [2.45, 2.75) is 39.8 Å². The highest BCUT2D eigenvalue weighted by molar-refractivity contribution is 7.12. The third-order valence-electron chi connectivity index (χ3n) is 3.79. The number of thiazole rings is 1. The SMILES string of the molecule is CC[n+]1ccsc1N=Nc1ccc(N2NC(C)=CC2(C)C)cc1.[O-][Cl+3]([O-])([O-])[O-]. The van der Waals surface area contributed by atoms with Crippen LogP contribution in [0.25, 0.3) is 0 Å². The maximum Gasteiger partial charge on any atom is 0.408 e. The fourth-order valence-electron chi connectivity index (χ4n) is 2.73. The van der Waals surface area contributed by atoms with E-state index in [0.717, 1.165) is 23.1 Å². The number of azo groups is 1. The first kappa shape index (κ1) is 22.2. The smallest absolute Gasteiger partial charge is 0.302 e. The number of rotatable bonds is 4. The molecule has 3 rings (SSSR count). The molecule has 2 heterocycles. The van der Waals surface area contributed by atoms with E-state index in [9.17, 15) is 0 Å². The molecule has 0 amide bonds. The van der Waals surface area contributed by atoms with Gasteiger partial charge in [-0.1, -0.05) is 0 Å². The third kappa shape index (κ3) is 6.51. The van der Waals surface area contributed by atoms with E-state index in [4.69, 9.17) is 18.6 Å². The van der Waals surface area contributed by atoms with Crippen molar-refractivity contribution in [3.05, 3.63) is 47.6 Å². The molecule has 0 bridgehead atoms. The zero-order valence-electron chi connectivity index (χ0n) is 16.0. The van der Waals surface area contributed by atoms with Crippen molar-refractivity contribution >= 4 is 27.8 Å². The van der Waals surface area contributed by atoms with Crippen LogP contribution in [0, 0.1) is 10.2 Å². The van der Waals surface area contributed by atoms with Crippen LogP contribution in [0.1, 0.15) is 27.7 Å². The van der Waals surface area contributed by atoms with E-state index < -0.39 is 10.2 Å². The minimum absolute atomic E-state index is 0.0449. The summed E-state index contributed by atoms with van der Waals surface area (Å²) in [6, 6.07) is 8.12. The van der Waals surface area contributed by atoms with Crippen molar-refractivity contribution < 1.29 is 33.4 Å². The van der Waals surface area contributed by atoms with Crippen molar-refractivity contribution in [1.29, 1.82) is 0 Å². The summed E-state index contributed by atoms with van der Waals surface area (Å²) in [5.41, 5.74) is 6.48. The molecule has 1 aromatic heterocycles. The number of aryl methyl sites for hydroxylation is 1. The van der Waals surface area contributed by atoms with Crippen molar-refractivity contribution in [3.8, 4) is 0 Å². The summed E-state index contributed by atoms with van der Waals surface area (Å²) in [7, 11) is -4.94. The van der Waals surface area contributed by atoms with Crippen LogP contribution in [0.15, 0.2) is 57.8 Å². The molecule has 1 aliphatic rings. The molecule has 2 aromatic rings. The number of hydrogen-bond acceptors (Lipinski definition) is 9. The normalized spacial score (nSPS) is 15.9. The number of hydrazine groups is 1. The molecule has 9 nitrogen and oxygen atoms in total. The van der Waals surface area contributed by atoms with E-state index in [1.54, 1.807) is 11.3 Å². The average molecular weight is 428 g/mol. The molecule has 0 fully saturated rings. The summed E-state index contributed by atoms with van der Waals surface area (Å²) in [4.78, 5) is 0. The van der Waals surface area contributed by atoms with Crippen molar-refractivity contribution in [2.24, 2.45) is 10.2 Å². The van der Waals surface area contributed by atoms with Gasteiger partial charge in [0.05, 0.1) is 22.9 Å². The number of nitrogens with zero attached hydrogens (tertiary/aromatic N) is 4. The fourth-order valence-corrected chi connectivity index (χ4v) is 3.47. The lowest BCUT2D eigenvalue weighted by molar-refractivity contribution is -2.00. The van der Waals surface area contributed by atoms with E-state index in [2.05, 4.69) is 71.1 Å². The van der Waals surface area contributed by atoms with Gasteiger partial charge in [0.15, 0.2) is 0 Å². The number of aromatic nitrogens is 1. The maximum absolute atomic E-state index is 8.49. The second-order valence-electron chi connectivity index (χ2n) is 6.49. The van der Waals surface area contributed by atoms with Gasteiger partial charge < -0.3 is 5.43 Å². The quantitative estimate of drug-likeness (QED) is 0.526. The second kappa shape index (κ2) is 8.95. The zero-order valence-corrected chi connectivity index (χ0v) is 17.5. The standard InChI is InChI=1S/C17H22N5S.ClHO4/c1-5-21-10-11-23-16(21)19-18-14-6-8-15(9-7-14)22-17(3,4)12-13(2)20-22;2-1(3,4)5/h6-12,20H,5H2,1-4H3;(H,2,3,4,5)/q+1;/p-1. The van der Waals surface area contributed by atoms with Crippen LogP contribution < -0.4 is 33.6 Å². The van der Waals surface area contributed by atoms with Crippen molar-refractivity contribution in [3.63, 3.8) is 0 Å². The Morgan fingerprint density at radius 3 is 2.25 bits per heavy atom. The van der Waals surface area contributed by atoms with Gasteiger partial charge in [-0.15, -0.1) is 10.2 Å². The number of halogens is 1. The molecular formula is C17H22ClN5O4S. The Morgan fingerprint density at radius 2 is 1.75 bits per heavy atom. The third-order valence-corrected chi connectivity index (χ3v) is 4.58. The van der Waals surface area contributed by atoms with E-state index in [-0.39, 0.29) is 5.54 Å². The molecule has 1 aliphatic heterocycles. The summed E-state index contributed by atoms with van der Waals surface area (Å²) in [6.07, 6.45) is 4.25. The first-order chi connectivity index (χ1) is 13.0. The zero-order chi connectivity index (χ0) is 20.9. The molecule has 1 N–H and O–H groups in total. The number of anilines is 1. The topological polar surface area (TPSA) is 136 Å². The Morgan fingerprint density at radius 1 is 1.14 bits per heavy atom. The van der Waals surface area contributed by atoms with Crippen molar-refractivity contribution in [1.82, 2.24) is 5.43 Å². The summed E-state index contributed by atoms with van der Waals surface area (Å²) >= 11 is 1.59.